The molecule has 3 aromatic rings. The summed E-state index contributed by atoms with van der Waals surface area (Å²) in [6.45, 7) is 0.522. The maximum atomic E-state index is 9.48. The molecule has 1 atom stereocenters. The number of hydrogen-bond donors (Lipinski definition) is 2. The molecule has 0 radical (unpaired) electrons. The number of phenolic OH excluding ortho intramolecular Hbond substituents is 1. The van der Waals surface area contributed by atoms with Crippen molar-refractivity contribution in [2.24, 2.45) is 5.73 Å². The molecule has 3 N–H and O–H groups in total. The van der Waals surface area contributed by atoms with Crippen LogP contribution in [-0.2, 0) is 0 Å². The summed E-state index contributed by atoms with van der Waals surface area (Å²) in [4.78, 5) is 0. The molecule has 0 bridgehead atoms. The lowest BCUT2D eigenvalue weighted by Gasteiger charge is -2.20. The van der Waals surface area contributed by atoms with E-state index in [1.54, 1.807) is 12.1 Å². The minimum Gasteiger partial charge on any atom is -0.508 e. The lowest BCUT2D eigenvalue weighted by Crippen LogP contribution is -2.14. The van der Waals surface area contributed by atoms with Gasteiger partial charge in [-0.3, -0.25) is 0 Å². The molecular formula is C20H19NO. The molecule has 3 rings (SSSR count). The van der Waals surface area contributed by atoms with Crippen LogP contribution in [0.2, 0.25) is 0 Å². The van der Waals surface area contributed by atoms with Crippen LogP contribution in [0.25, 0.3) is 11.1 Å². The van der Waals surface area contributed by atoms with Crippen LogP contribution in [0.15, 0.2) is 78.9 Å². The van der Waals surface area contributed by atoms with Gasteiger partial charge in [0.25, 0.3) is 0 Å². The van der Waals surface area contributed by atoms with Gasteiger partial charge in [-0.25, -0.2) is 0 Å². The molecule has 0 saturated carbocycles. The second-order valence-corrected chi connectivity index (χ2v) is 5.33. The van der Waals surface area contributed by atoms with Crippen LogP contribution in [-0.4, -0.2) is 11.7 Å². The van der Waals surface area contributed by atoms with E-state index in [4.69, 9.17) is 5.73 Å². The van der Waals surface area contributed by atoms with Crippen molar-refractivity contribution in [3.05, 3.63) is 90.0 Å². The van der Waals surface area contributed by atoms with E-state index in [0.717, 1.165) is 5.56 Å². The van der Waals surface area contributed by atoms with Gasteiger partial charge in [0.15, 0.2) is 0 Å². The van der Waals surface area contributed by atoms with Gasteiger partial charge in [0.2, 0.25) is 0 Å². The third kappa shape index (κ3) is 2.87. The Morgan fingerprint density at radius 2 is 1.41 bits per heavy atom. The Morgan fingerprint density at radius 3 is 2.09 bits per heavy atom. The Labute approximate surface area is 130 Å². The van der Waals surface area contributed by atoms with Gasteiger partial charge in [-0.2, -0.15) is 0 Å². The largest absolute Gasteiger partial charge is 0.508 e. The second kappa shape index (κ2) is 6.46. The van der Waals surface area contributed by atoms with Crippen molar-refractivity contribution >= 4 is 0 Å². The highest BCUT2D eigenvalue weighted by Gasteiger charge is 2.16. The van der Waals surface area contributed by atoms with Gasteiger partial charge in [-0.15, -0.1) is 0 Å². The monoisotopic (exact) mass is 289 g/mol. The van der Waals surface area contributed by atoms with Gasteiger partial charge in [0.05, 0.1) is 0 Å². The number of aromatic hydroxyl groups is 1. The molecule has 0 aromatic heterocycles. The molecule has 0 fully saturated rings. The molecule has 0 saturated heterocycles. The molecule has 3 aromatic carbocycles. The molecule has 22 heavy (non-hydrogen) atoms. The highest BCUT2D eigenvalue weighted by Crippen LogP contribution is 2.33. The van der Waals surface area contributed by atoms with E-state index in [1.165, 1.54) is 16.7 Å². The van der Waals surface area contributed by atoms with Crippen LogP contribution in [0.5, 0.6) is 5.75 Å². The summed E-state index contributed by atoms with van der Waals surface area (Å²) in [5.74, 6) is 0.382. The molecule has 0 amide bonds. The normalized spacial score (nSPS) is 12.0. The molecule has 2 heteroatoms. The van der Waals surface area contributed by atoms with Gasteiger partial charge in [0.1, 0.15) is 5.75 Å². The Bertz CT molecular complexity index is 735. The summed E-state index contributed by atoms with van der Waals surface area (Å²) < 4.78 is 0. The van der Waals surface area contributed by atoms with E-state index in [-0.39, 0.29) is 11.7 Å². The summed E-state index contributed by atoms with van der Waals surface area (Å²) in [6, 6.07) is 26.0. The lowest BCUT2D eigenvalue weighted by atomic mass is 9.86. The molecule has 0 aliphatic rings. The average Bonchev–Trinajstić information content (AvgIpc) is 2.58. The number of benzene rings is 3. The summed E-state index contributed by atoms with van der Waals surface area (Å²) in [5.41, 5.74) is 10.8. The van der Waals surface area contributed by atoms with E-state index in [9.17, 15) is 5.11 Å². The first-order chi connectivity index (χ1) is 10.8. The first-order valence-electron chi connectivity index (χ1n) is 7.43. The van der Waals surface area contributed by atoms with Crippen LogP contribution in [0.1, 0.15) is 17.0 Å². The van der Waals surface area contributed by atoms with E-state index in [2.05, 4.69) is 30.3 Å². The zero-order valence-corrected chi connectivity index (χ0v) is 12.3. The van der Waals surface area contributed by atoms with Crippen molar-refractivity contribution in [1.29, 1.82) is 0 Å². The fraction of sp³-hybridized carbons (Fsp3) is 0.100. The maximum absolute atomic E-state index is 9.48. The third-order valence-corrected chi connectivity index (χ3v) is 3.95. The minimum atomic E-state index is 0.108. The fourth-order valence-corrected chi connectivity index (χ4v) is 2.83. The topological polar surface area (TPSA) is 46.2 Å². The molecule has 0 aliphatic carbocycles. The minimum absolute atomic E-state index is 0.108. The molecule has 110 valence electrons. The Morgan fingerprint density at radius 1 is 0.773 bits per heavy atom. The summed E-state index contributed by atoms with van der Waals surface area (Å²) in [6.07, 6.45) is 0. The molecule has 0 heterocycles. The maximum Gasteiger partial charge on any atom is 0.115 e. The number of phenols is 1. The molecule has 0 aliphatic heterocycles. The van der Waals surface area contributed by atoms with Gasteiger partial charge in [-0.05, 0) is 34.4 Å². The van der Waals surface area contributed by atoms with Crippen molar-refractivity contribution in [2.75, 3.05) is 6.54 Å². The van der Waals surface area contributed by atoms with Crippen LogP contribution >= 0.6 is 0 Å². The zero-order valence-electron chi connectivity index (χ0n) is 12.3. The van der Waals surface area contributed by atoms with Crippen LogP contribution < -0.4 is 5.73 Å². The van der Waals surface area contributed by atoms with Crippen LogP contribution in [0.4, 0.5) is 0 Å². The SMILES string of the molecule is NCC(c1ccc(O)cc1)c1ccccc1-c1ccccc1. The summed E-state index contributed by atoms with van der Waals surface area (Å²) >= 11 is 0. The number of nitrogens with two attached hydrogens (primary N) is 1. The van der Waals surface area contributed by atoms with Crippen LogP contribution in [0, 0.1) is 0 Å². The van der Waals surface area contributed by atoms with Crippen molar-refractivity contribution in [2.45, 2.75) is 5.92 Å². The van der Waals surface area contributed by atoms with Crippen molar-refractivity contribution in [1.82, 2.24) is 0 Å². The Balaban J connectivity index is 2.08. The molecule has 1 unspecified atom stereocenters. The van der Waals surface area contributed by atoms with E-state index >= 15 is 0 Å². The third-order valence-electron chi connectivity index (χ3n) is 3.95. The predicted molar refractivity (Wildman–Crippen MR) is 90.9 cm³/mol. The highest BCUT2D eigenvalue weighted by molar-refractivity contribution is 5.69. The Hall–Kier alpha value is -2.58. The zero-order chi connectivity index (χ0) is 15.4. The van der Waals surface area contributed by atoms with E-state index in [0.29, 0.717) is 6.54 Å². The smallest absolute Gasteiger partial charge is 0.115 e. The highest BCUT2D eigenvalue weighted by atomic mass is 16.3. The van der Waals surface area contributed by atoms with E-state index in [1.807, 2.05) is 36.4 Å². The summed E-state index contributed by atoms with van der Waals surface area (Å²) in [5, 5.41) is 9.48. The van der Waals surface area contributed by atoms with E-state index < -0.39 is 0 Å². The van der Waals surface area contributed by atoms with Crippen molar-refractivity contribution in [3.63, 3.8) is 0 Å². The molecule has 0 spiro atoms. The number of hydrogen-bond acceptors (Lipinski definition) is 2. The van der Waals surface area contributed by atoms with Crippen LogP contribution in [0.3, 0.4) is 0 Å². The lowest BCUT2D eigenvalue weighted by molar-refractivity contribution is 0.475. The average molecular weight is 289 g/mol. The quantitative estimate of drug-likeness (QED) is 0.758. The first-order valence-corrected chi connectivity index (χ1v) is 7.43. The Kier molecular flexibility index (Phi) is 4.22. The number of rotatable bonds is 4. The molecular weight excluding hydrogens is 270 g/mol. The van der Waals surface area contributed by atoms with Gasteiger partial charge < -0.3 is 10.8 Å². The second-order valence-electron chi connectivity index (χ2n) is 5.33. The van der Waals surface area contributed by atoms with Gasteiger partial charge in [-0.1, -0.05) is 66.7 Å². The van der Waals surface area contributed by atoms with Crippen molar-refractivity contribution in [3.8, 4) is 16.9 Å². The molecule has 2 nitrogen and oxygen atoms in total. The van der Waals surface area contributed by atoms with Gasteiger partial charge >= 0.3 is 0 Å². The van der Waals surface area contributed by atoms with Crippen molar-refractivity contribution < 1.29 is 5.11 Å². The first kappa shape index (κ1) is 14.4. The van der Waals surface area contributed by atoms with Gasteiger partial charge in [0, 0.05) is 12.5 Å². The fourth-order valence-electron chi connectivity index (χ4n) is 2.83. The predicted octanol–water partition coefficient (Wildman–Crippen LogP) is 4.15. The summed E-state index contributed by atoms with van der Waals surface area (Å²) in [7, 11) is 0. The standard InChI is InChI=1S/C20H19NO/c21-14-20(16-10-12-17(22)13-11-16)19-9-5-4-8-18(19)15-6-2-1-3-7-15/h1-13,20,22H,14,21H2.